The minimum absolute atomic E-state index is 0.0827. The number of hydrogen-bond donors (Lipinski definition) is 2. The maximum Gasteiger partial charge on any atom is 0.190 e. The first-order valence-electron chi connectivity index (χ1n) is 9.42. The van der Waals surface area contributed by atoms with E-state index in [1.54, 1.807) is 7.05 Å². The highest BCUT2D eigenvalue weighted by Gasteiger charge is 2.20. The van der Waals surface area contributed by atoms with Crippen molar-refractivity contribution in [3.05, 3.63) is 35.9 Å². The third-order valence-electron chi connectivity index (χ3n) is 4.36. The number of nitrogens with one attached hydrogen (secondary N) is 2. The van der Waals surface area contributed by atoms with Crippen molar-refractivity contribution in [2.24, 2.45) is 10.4 Å². The summed E-state index contributed by atoms with van der Waals surface area (Å²) in [6, 6.07) is 10.2. The van der Waals surface area contributed by atoms with Crippen LogP contribution in [0.5, 0.6) is 0 Å². The molecule has 1 unspecified atom stereocenters. The number of guanidine groups is 1. The van der Waals surface area contributed by atoms with E-state index in [1.807, 2.05) is 18.2 Å². The van der Waals surface area contributed by atoms with Crippen LogP contribution in [0.2, 0.25) is 0 Å². The molecule has 0 aliphatic rings. The van der Waals surface area contributed by atoms with Crippen LogP contribution >= 0.6 is 0 Å². The molecule has 154 valence electrons. The number of rotatable bonds is 11. The van der Waals surface area contributed by atoms with E-state index in [1.165, 1.54) is 11.8 Å². The standard InChI is InChI=1S/C20H35N3O3S/c1-17(18-10-7-6-8-11-18)26-14-9-13-22-19(21-4)23-16-20(2,3)12-15-27(5,24)25/h6-8,10-11,17H,9,12-16H2,1-5H3,(H2,21,22,23). The van der Waals surface area contributed by atoms with Gasteiger partial charge in [0.1, 0.15) is 9.84 Å². The van der Waals surface area contributed by atoms with E-state index in [-0.39, 0.29) is 17.3 Å². The smallest absolute Gasteiger partial charge is 0.190 e. The second-order valence-electron chi connectivity index (χ2n) is 7.67. The van der Waals surface area contributed by atoms with Gasteiger partial charge >= 0.3 is 0 Å². The molecule has 0 fully saturated rings. The fraction of sp³-hybridized carbons (Fsp3) is 0.650. The van der Waals surface area contributed by atoms with E-state index >= 15 is 0 Å². The third kappa shape index (κ3) is 11.0. The Balaban J connectivity index is 2.24. The molecule has 0 saturated heterocycles. The molecule has 1 aromatic rings. The maximum absolute atomic E-state index is 11.3. The van der Waals surface area contributed by atoms with E-state index in [4.69, 9.17) is 4.74 Å². The lowest BCUT2D eigenvalue weighted by Gasteiger charge is -2.25. The highest BCUT2D eigenvalue weighted by Crippen LogP contribution is 2.19. The van der Waals surface area contributed by atoms with Gasteiger partial charge in [0.2, 0.25) is 0 Å². The maximum atomic E-state index is 11.3. The first kappa shape index (κ1) is 23.4. The lowest BCUT2D eigenvalue weighted by atomic mass is 9.90. The molecular formula is C20H35N3O3S. The number of benzene rings is 1. The van der Waals surface area contributed by atoms with Gasteiger partial charge < -0.3 is 15.4 Å². The van der Waals surface area contributed by atoms with Crippen molar-refractivity contribution >= 4 is 15.8 Å². The lowest BCUT2D eigenvalue weighted by Crippen LogP contribution is -2.42. The van der Waals surface area contributed by atoms with Crippen molar-refractivity contribution in [1.82, 2.24) is 10.6 Å². The second kappa shape index (κ2) is 11.3. The van der Waals surface area contributed by atoms with E-state index in [2.05, 4.69) is 48.5 Å². The van der Waals surface area contributed by atoms with E-state index in [0.717, 1.165) is 18.9 Å². The Labute approximate surface area is 164 Å². The summed E-state index contributed by atoms with van der Waals surface area (Å²) in [5.74, 6) is 0.920. The zero-order valence-electron chi connectivity index (χ0n) is 17.3. The quantitative estimate of drug-likeness (QED) is 0.341. The Morgan fingerprint density at radius 1 is 1.22 bits per heavy atom. The summed E-state index contributed by atoms with van der Waals surface area (Å²) >= 11 is 0. The van der Waals surface area contributed by atoms with Crippen LogP contribution in [0, 0.1) is 5.41 Å². The largest absolute Gasteiger partial charge is 0.374 e. The summed E-state index contributed by atoms with van der Waals surface area (Å²) in [5, 5.41) is 6.54. The van der Waals surface area contributed by atoms with Gasteiger partial charge in [0.05, 0.1) is 11.9 Å². The number of hydrogen-bond acceptors (Lipinski definition) is 4. The molecule has 6 nitrogen and oxygen atoms in total. The molecule has 27 heavy (non-hydrogen) atoms. The Kier molecular flexibility index (Phi) is 9.80. The third-order valence-corrected chi connectivity index (χ3v) is 5.30. The molecule has 2 N–H and O–H groups in total. The van der Waals surface area contributed by atoms with Gasteiger partial charge in [0.25, 0.3) is 0 Å². The minimum atomic E-state index is -2.94. The van der Waals surface area contributed by atoms with Crippen molar-refractivity contribution in [3.8, 4) is 0 Å². The Morgan fingerprint density at radius 3 is 2.48 bits per heavy atom. The molecule has 0 bridgehead atoms. The van der Waals surface area contributed by atoms with Gasteiger partial charge in [-0.15, -0.1) is 0 Å². The van der Waals surface area contributed by atoms with E-state index in [0.29, 0.717) is 19.6 Å². The van der Waals surface area contributed by atoms with Crippen LogP contribution in [0.3, 0.4) is 0 Å². The first-order chi connectivity index (χ1) is 12.6. The van der Waals surface area contributed by atoms with Crippen molar-refractivity contribution < 1.29 is 13.2 Å². The summed E-state index contributed by atoms with van der Waals surface area (Å²) in [7, 11) is -1.21. The molecule has 1 rings (SSSR count). The summed E-state index contributed by atoms with van der Waals surface area (Å²) in [4.78, 5) is 4.22. The van der Waals surface area contributed by atoms with Crippen molar-refractivity contribution in [2.75, 3.05) is 38.8 Å². The minimum Gasteiger partial charge on any atom is -0.374 e. The second-order valence-corrected chi connectivity index (χ2v) is 9.93. The van der Waals surface area contributed by atoms with Crippen LogP contribution in [-0.4, -0.2) is 53.1 Å². The van der Waals surface area contributed by atoms with Crippen LogP contribution in [-0.2, 0) is 14.6 Å². The predicted octanol–water partition coefficient (Wildman–Crippen LogP) is 2.78. The van der Waals surface area contributed by atoms with Crippen molar-refractivity contribution in [2.45, 2.75) is 39.7 Å². The average Bonchev–Trinajstić information content (AvgIpc) is 2.62. The average molecular weight is 398 g/mol. The zero-order chi connectivity index (χ0) is 20.3. The first-order valence-corrected chi connectivity index (χ1v) is 11.5. The van der Waals surface area contributed by atoms with E-state index < -0.39 is 9.84 Å². The molecule has 0 spiro atoms. The number of nitrogens with zero attached hydrogens (tertiary/aromatic N) is 1. The van der Waals surface area contributed by atoms with Gasteiger partial charge in [-0.05, 0) is 30.7 Å². The monoisotopic (exact) mass is 397 g/mol. The topological polar surface area (TPSA) is 79.8 Å². The van der Waals surface area contributed by atoms with Crippen LogP contribution in [0.15, 0.2) is 35.3 Å². The van der Waals surface area contributed by atoms with Crippen LogP contribution in [0.25, 0.3) is 0 Å². The summed E-state index contributed by atoms with van der Waals surface area (Å²) in [6.07, 6.45) is 2.84. The van der Waals surface area contributed by atoms with Crippen molar-refractivity contribution in [1.29, 1.82) is 0 Å². The Hall–Kier alpha value is -1.60. The normalized spacial score (nSPS) is 14.0. The van der Waals surface area contributed by atoms with Crippen LogP contribution in [0.4, 0.5) is 0 Å². The fourth-order valence-corrected chi connectivity index (χ4v) is 3.38. The van der Waals surface area contributed by atoms with Gasteiger partial charge in [0, 0.05) is 33.0 Å². The number of ether oxygens (including phenoxy) is 1. The van der Waals surface area contributed by atoms with E-state index in [9.17, 15) is 8.42 Å². The molecule has 1 aromatic carbocycles. The zero-order valence-corrected chi connectivity index (χ0v) is 18.1. The van der Waals surface area contributed by atoms with Crippen molar-refractivity contribution in [3.63, 3.8) is 0 Å². The molecule has 0 aromatic heterocycles. The van der Waals surface area contributed by atoms with Gasteiger partial charge in [-0.3, -0.25) is 4.99 Å². The summed E-state index contributed by atoms with van der Waals surface area (Å²) in [5.41, 5.74) is 1.05. The number of aliphatic imine (C=N–C) groups is 1. The molecule has 1 atom stereocenters. The Morgan fingerprint density at radius 2 is 1.89 bits per heavy atom. The molecule has 0 radical (unpaired) electrons. The van der Waals surface area contributed by atoms with Gasteiger partial charge in [0.15, 0.2) is 5.96 Å². The van der Waals surface area contributed by atoms with Gasteiger partial charge in [-0.1, -0.05) is 44.2 Å². The molecule has 0 aliphatic carbocycles. The van der Waals surface area contributed by atoms with Crippen LogP contribution < -0.4 is 10.6 Å². The highest BCUT2D eigenvalue weighted by molar-refractivity contribution is 7.90. The Bertz CT molecular complexity index is 673. The molecule has 0 amide bonds. The molecule has 0 saturated carbocycles. The molecule has 7 heteroatoms. The number of sulfone groups is 1. The lowest BCUT2D eigenvalue weighted by molar-refractivity contribution is 0.0646. The molecule has 0 aliphatic heterocycles. The molecular weight excluding hydrogens is 362 g/mol. The summed E-state index contributed by atoms with van der Waals surface area (Å²) in [6.45, 7) is 8.24. The SMILES string of the molecule is CN=C(NCCCOC(C)c1ccccc1)NCC(C)(C)CCS(C)(=O)=O. The van der Waals surface area contributed by atoms with Gasteiger partial charge in [-0.25, -0.2) is 8.42 Å². The molecule has 0 heterocycles. The highest BCUT2D eigenvalue weighted by atomic mass is 32.2. The summed E-state index contributed by atoms with van der Waals surface area (Å²) < 4.78 is 28.6. The fourth-order valence-electron chi connectivity index (χ4n) is 2.45. The van der Waals surface area contributed by atoms with Gasteiger partial charge in [-0.2, -0.15) is 0 Å². The van der Waals surface area contributed by atoms with Crippen LogP contribution in [0.1, 0.15) is 45.3 Å². The predicted molar refractivity (Wildman–Crippen MR) is 113 cm³/mol.